The van der Waals surface area contributed by atoms with E-state index < -0.39 is 83.3 Å². The molecule has 9 aliphatic rings. The molecule has 0 amide bonds. The number of aliphatic hydroxyl groups is 4. The molecule has 3 heterocycles. The maximum Gasteiger partial charge on any atom is 0.333 e. The number of carbonyl (C=O) groups is 1. The minimum Gasteiger partial charge on any atom is -0.458 e. The fraction of sp³-hybridized carbons (Fsp3) is 0.898. The number of carbonyl (C=O) groups excluding carboxylic acids is 1. The summed E-state index contributed by atoms with van der Waals surface area (Å²) < 4.78 is 63.5. The van der Waals surface area contributed by atoms with Crippen LogP contribution in [-0.2, 0) is 52.2 Å². The van der Waals surface area contributed by atoms with Gasteiger partial charge in [-0.15, -0.1) is 0 Å². The third kappa shape index (κ3) is 6.86. The highest BCUT2D eigenvalue weighted by molar-refractivity contribution is 5.87. The molecular weight excluding hydrogens is 829 g/mol. The van der Waals surface area contributed by atoms with Crippen molar-refractivity contribution >= 4 is 5.97 Å². The van der Waals surface area contributed by atoms with E-state index in [0.29, 0.717) is 37.7 Å². The summed E-state index contributed by atoms with van der Waals surface area (Å²) in [4.78, 5) is 13.3. The first kappa shape index (κ1) is 47.5. The van der Waals surface area contributed by atoms with Gasteiger partial charge in [0.15, 0.2) is 18.2 Å². The first-order chi connectivity index (χ1) is 30.2. The number of hydrogen-bond donors (Lipinski definition) is 4. The van der Waals surface area contributed by atoms with Crippen molar-refractivity contribution in [1.82, 2.24) is 0 Å². The van der Waals surface area contributed by atoms with Crippen molar-refractivity contribution in [2.24, 2.45) is 34.5 Å². The maximum atomic E-state index is 13.3. The lowest BCUT2D eigenvalue weighted by molar-refractivity contribution is -0.349. The van der Waals surface area contributed by atoms with Crippen LogP contribution in [0.15, 0.2) is 23.3 Å². The Labute approximate surface area is 378 Å². The van der Waals surface area contributed by atoms with Crippen molar-refractivity contribution in [2.45, 2.75) is 222 Å². The van der Waals surface area contributed by atoms with E-state index >= 15 is 0 Å². The molecule has 3 aliphatic heterocycles. The lowest BCUT2D eigenvalue weighted by Gasteiger charge is -2.63. The van der Waals surface area contributed by atoms with E-state index in [1.54, 1.807) is 41.1 Å². The third-order valence-corrected chi connectivity index (χ3v) is 18.8. The highest BCUT2D eigenvalue weighted by atomic mass is 16.8. The smallest absolute Gasteiger partial charge is 0.333 e. The second-order valence-electron chi connectivity index (χ2n) is 21.7. The van der Waals surface area contributed by atoms with Gasteiger partial charge in [0, 0.05) is 57.5 Å². The van der Waals surface area contributed by atoms with Crippen LogP contribution in [0.1, 0.15) is 120 Å². The summed E-state index contributed by atoms with van der Waals surface area (Å²) in [6, 6.07) is 0. The van der Waals surface area contributed by atoms with Gasteiger partial charge in [-0.3, -0.25) is 0 Å². The summed E-state index contributed by atoms with van der Waals surface area (Å²) in [7, 11) is 4.80. The van der Waals surface area contributed by atoms with E-state index in [-0.39, 0.29) is 65.9 Å². The Kier molecular flexibility index (Phi) is 12.3. The monoisotopic (exact) mass is 905 g/mol. The first-order valence-electron chi connectivity index (χ1n) is 24.1. The Morgan fingerprint density at radius 2 is 1.61 bits per heavy atom. The molecule has 0 bridgehead atoms. The Bertz CT molecular complexity index is 1840. The lowest BCUT2D eigenvalue weighted by atomic mass is 9.44. The van der Waals surface area contributed by atoms with Crippen LogP contribution in [0.3, 0.4) is 0 Å². The standard InChI is InChI=1S/C49H76O15/c1-12-24(2)43(52)61-36-20-33-32(46(53)18-16-31(25(3)50)45(36,46)8)14-13-29-19-30(15-17-44(29,33)7)60-38-22-35(55-9)40(27(5)58-38)62-37-21-34-41(56-10)49(34,28(6)59-37)64-48-23-47(48,54)42(57-11)39(51)26(4)63-48/h12-13,25-28,30-42,50-51,53-54H,14-23H2,1-11H3/b24-12+/t25?,26?,27?,28?,30?,31?,32?,33?,34?,35?,36?,37-,38-,39+,40+,41?,42?,44?,45?,46?,47-,48?,49?/m0/s1. The lowest BCUT2D eigenvalue weighted by Crippen LogP contribution is -2.67. The van der Waals surface area contributed by atoms with Gasteiger partial charge in [-0.05, 0) is 110 Å². The van der Waals surface area contributed by atoms with Crippen LogP contribution in [0.5, 0.6) is 0 Å². The normalized spacial score (nSPS) is 54.6. The zero-order chi connectivity index (χ0) is 46.1. The summed E-state index contributed by atoms with van der Waals surface area (Å²) in [6.45, 7) is 15.4. The molecule has 3 saturated heterocycles. The number of hydrogen-bond acceptors (Lipinski definition) is 15. The Morgan fingerprint density at radius 3 is 2.28 bits per heavy atom. The minimum atomic E-state index is -1.50. The molecular formula is C49H76O15. The number of fused-ring (bicyclic) bond motifs is 7. The topological polar surface area (TPSA) is 190 Å². The van der Waals surface area contributed by atoms with Crippen LogP contribution in [0.2, 0.25) is 0 Å². The zero-order valence-electron chi connectivity index (χ0n) is 39.8. The Morgan fingerprint density at radius 1 is 0.891 bits per heavy atom. The molecule has 0 aromatic heterocycles. The van der Waals surface area contributed by atoms with Gasteiger partial charge in [-0.1, -0.05) is 31.6 Å². The molecule has 0 aromatic carbocycles. The fourth-order valence-corrected chi connectivity index (χ4v) is 14.8. The average Bonchev–Trinajstić information content (AvgIpc) is 4.03. The molecule has 5 saturated carbocycles. The van der Waals surface area contributed by atoms with Gasteiger partial charge in [0.25, 0.3) is 0 Å². The number of aliphatic hydroxyl groups excluding tert-OH is 2. The SMILES string of the molecule is C/C=C(\C)C(=O)OC1CC2C(CC=C3CC(O[C@H]4CC(OC)[C@H](O[C@H]5CC6C(OC)C6(OC67C[C@]6(O)C(OC)[C@H](O)C(C)O7)C(C)O5)C(C)O4)CCC32C)C2(O)CCC(C(C)O)C12C. The maximum absolute atomic E-state index is 13.3. The third-order valence-electron chi connectivity index (χ3n) is 18.8. The van der Waals surface area contributed by atoms with Crippen LogP contribution in [0.25, 0.3) is 0 Å². The van der Waals surface area contributed by atoms with Gasteiger partial charge in [-0.25, -0.2) is 4.79 Å². The van der Waals surface area contributed by atoms with Crippen molar-refractivity contribution in [1.29, 1.82) is 0 Å². The fourth-order valence-electron chi connectivity index (χ4n) is 14.8. The van der Waals surface area contributed by atoms with Gasteiger partial charge < -0.3 is 67.8 Å². The van der Waals surface area contributed by atoms with Crippen LogP contribution in [0, 0.1) is 34.5 Å². The zero-order valence-corrected chi connectivity index (χ0v) is 39.8. The number of ether oxygens (including phenoxy) is 10. The molecule has 362 valence electrons. The molecule has 4 N–H and O–H groups in total. The molecule has 6 aliphatic carbocycles. The van der Waals surface area contributed by atoms with Crippen LogP contribution in [-0.4, -0.2) is 150 Å². The van der Waals surface area contributed by atoms with Crippen molar-refractivity contribution in [3.8, 4) is 0 Å². The van der Waals surface area contributed by atoms with Crippen molar-refractivity contribution in [3.05, 3.63) is 23.3 Å². The largest absolute Gasteiger partial charge is 0.458 e. The second kappa shape index (κ2) is 16.5. The van der Waals surface area contributed by atoms with Crippen molar-refractivity contribution in [3.63, 3.8) is 0 Å². The molecule has 0 radical (unpaired) electrons. The van der Waals surface area contributed by atoms with Gasteiger partial charge in [0.1, 0.15) is 30.0 Å². The molecule has 9 rings (SSSR count). The van der Waals surface area contributed by atoms with Crippen LogP contribution in [0.4, 0.5) is 0 Å². The number of esters is 1. The first-order valence-corrected chi connectivity index (χ1v) is 24.1. The van der Waals surface area contributed by atoms with E-state index in [1.165, 1.54) is 12.7 Å². The second-order valence-corrected chi connectivity index (χ2v) is 21.7. The summed E-state index contributed by atoms with van der Waals surface area (Å²) in [5.74, 6) is -1.91. The Balaban J connectivity index is 0.838. The highest BCUT2D eigenvalue weighted by Gasteiger charge is 2.85. The summed E-state index contributed by atoms with van der Waals surface area (Å²) in [5.41, 5.74) is -2.59. The summed E-state index contributed by atoms with van der Waals surface area (Å²) >= 11 is 0. The molecule has 8 fully saturated rings. The number of methoxy groups -OCH3 is 3. The quantitative estimate of drug-likeness (QED) is 0.120. The molecule has 15 nitrogen and oxygen atoms in total. The van der Waals surface area contributed by atoms with Crippen LogP contribution < -0.4 is 0 Å². The van der Waals surface area contributed by atoms with Crippen LogP contribution >= 0.6 is 0 Å². The predicted octanol–water partition coefficient (Wildman–Crippen LogP) is 4.63. The van der Waals surface area contributed by atoms with E-state index in [4.69, 9.17) is 47.4 Å². The molecule has 23 atom stereocenters. The summed E-state index contributed by atoms with van der Waals surface area (Å²) in [5, 5.41) is 46.1. The molecule has 15 heteroatoms. The van der Waals surface area contributed by atoms with Gasteiger partial charge in [0.05, 0.1) is 48.3 Å². The molecule has 64 heavy (non-hydrogen) atoms. The van der Waals surface area contributed by atoms with Gasteiger partial charge in [-0.2, -0.15) is 0 Å². The molecule has 0 aromatic rings. The molecule has 18 unspecified atom stereocenters. The van der Waals surface area contributed by atoms with Crippen molar-refractivity contribution in [2.75, 3.05) is 21.3 Å². The van der Waals surface area contributed by atoms with E-state index in [1.807, 2.05) is 20.8 Å². The minimum absolute atomic E-state index is 0.0150. The summed E-state index contributed by atoms with van der Waals surface area (Å²) in [6.07, 6.45) is 3.53. The van der Waals surface area contributed by atoms with E-state index in [2.05, 4.69) is 19.9 Å². The number of rotatable bonds is 12. The van der Waals surface area contributed by atoms with Gasteiger partial charge >= 0.3 is 5.97 Å². The van der Waals surface area contributed by atoms with Crippen molar-refractivity contribution < 1.29 is 72.6 Å². The van der Waals surface area contributed by atoms with E-state index in [0.717, 1.165) is 25.7 Å². The van der Waals surface area contributed by atoms with Gasteiger partial charge in [0.2, 0.25) is 5.79 Å². The van der Waals surface area contributed by atoms with E-state index in [9.17, 15) is 25.2 Å². The number of allylic oxidation sites excluding steroid dienone is 2. The molecule has 0 spiro atoms. The average molecular weight is 905 g/mol. The predicted molar refractivity (Wildman–Crippen MR) is 229 cm³/mol. The highest BCUT2D eigenvalue weighted by Crippen LogP contribution is 2.70. The Hall–Kier alpha value is -1.57.